The highest BCUT2D eigenvalue weighted by atomic mass is 32.1. The van der Waals surface area contributed by atoms with E-state index in [1.807, 2.05) is 30.3 Å². The van der Waals surface area contributed by atoms with E-state index >= 15 is 0 Å². The van der Waals surface area contributed by atoms with Crippen molar-refractivity contribution in [3.8, 4) is 0 Å². The number of aromatic amines is 1. The van der Waals surface area contributed by atoms with Crippen molar-refractivity contribution in [2.45, 2.75) is 39.0 Å². The largest absolute Gasteiger partial charge is 0.346 e. The van der Waals surface area contributed by atoms with Crippen LogP contribution in [0.5, 0.6) is 0 Å². The van der Waals surface area contributed by atoms with Crippen LogP contribution in [0.3, 0.4) is 0 Å². The Bertz CT molecular complexity index is 633. The lowest BCUT2D eigenvalue weighted by Gasteiger charge is -2.31. The number of amides is 1. The molecule has 21 heavy (non-hydrogen) atoms. The predicted molar refractivity (Wildman–Crippen MR) is 82.4 cm³/mol. The lowest BCUT2D eigenvalue weighted by Crippen LogP contribution is -2.40. The van der Waals surface area contributed by atoms with Crippen LogP contribution in [0.2, 0.25) is 0 Å². The van der Waals surface area contributed by atoms with Gasteiger partial charge in [-0.3, -0.25) is 4.79 Å². The fourth-order valence-corrected chi connectivity index (χ4v) is 3.44. The van der Waals surface area contributed by atoms with E-state index in [1.165, 1.54) is 0 Å². The number of carbonyl (C=O) groups excluding carboxylic acids is 1. The van der Waals surface area contributed by atoms with Gasteiger partial charge in [0.1, 0.15) is 5.82 Å². The van der Waals surface area contributed by atoms with Crippen molar-refractivity contribution in [3.05, 3.63) is 33.8 Å². The van der Waals surface area contributed by atoms with Gasteiger partial charge in [-0.1, -0.05) is 0 Å². The summed E-state index contributed by atoms with van der Waals surface area (Å²) in [5.74, 6) is 1.51. The molecular weight excluding hydrogens is 284 g/mol. The van der Waals surface area contributed by atoms with Gasteiger partial charge < -0.3 is 9.88 Å². The number of H-pyrrole nitrogens is 1. The minimum absolute atomic E-state index is 0.174. The number of carbonyl (C=O) groups is 1. The summed E-state index contributed by atoms with van der Waals surface area (Å²) in [7, 11) is 0. The van der Waals surface area contributed by atoms with Crippen LogP contribution in [0.1, 0.15) is 41.0 Å². The number of imidazole rings is 1. The SMILES string of the molecule is Cc1cnc(C2CCCN(C(=O)Cc3csc(C)n3)C2)[nH]1. The number of nitrogens with one attached hydrogen (secondary N) is 1. The predicted octanol–water partition coefficient (Wildman–Crippen LogP) is 2.43. The van der Waals surface area contributed by atoms with E-state index in [0.717, 1.165) is 48.2 Å². The summed E-state index contributed by atoms with van der Waals surface area (Å²) in [5, 5.41) is 2.99. The number of piperidine rings is 1. The van der Waals surface area contributed by atoms with Gasteiger partial charge in [-0.2, -0.15) is 0 Å². The number of thiazole rings is 1. The topological polar surface area (TPSA) is 61.9 Å². The normalized spacial score (nSPS) is 19.0. The zero-order valence-electron chi connectivity index (χ0n) is 12.4. The van der Waals surface area contributed by atoms with Crippen molar-refractivity contribution in [1.29, 1.82) is 0 Å². The van der Waals surface area contributed by atoms with Crippen molar-refractivity contribution in [1.82, 2.24) is 19.9 Å². The average molecular weight is 304 g/mol. The third kappa shape index (κ3) is 3.32. The molecule has 1 aliphatic rings. The molecule has 5 nitrogen and oxygen atoms in total. The Hall–Kier alpha value is -1.69. The zero-order chi connectivity index (χ0) is 14.8. The summed E-state index contributed by atoms with van der Waals surface area (Å²) in [4.78, 5) is 26.5. The number of aromatic nitrogens is 3. The van der Waals surface area contributed by atoms with Gasteiger partial charge in [0.15, 0.2) is 0 Å². The molecule has 1 atom stereocenters. The summed E-state index contributed by atoms with van der Waals surface area (Å²) in [6.45, 7) is 5.58. The molecule has 0 saturated carbocycles. The van der Waals surface area contributed by atoms with Crippen LogP contribution in [-0.4, -0.2) is 38.8 Å². The van der Waals surface area contributed by atoms with Crippen LogP contribution in [0, 0.1) is 13.8 Å². The Labute approximate surface area is 128 Å². The van der Waals surface area contributed by atoms with Crippen molar-refractivity contribution >= 4 is 17.2 Å². The Morgan fingerprint density at radius 1 is 1.52 bits per heavy atom. The highest BCUT2D eigenvalue weighted by Gasteiger charge is 2.26. The Balaban J connectivity index is 1.64. The molecule has 2 aromatic heterocycles. The Kier molecular flexibility index (Phi) is 4.05. The summed E-state index contributed by atoms with van der Waals surface area (Å²) in [6, 6.07) is 0. The number of nitrogens with zero attached hydrogens (tertiary/aromatic N) is 3. The molecule has 6 heteroatoms. The molecule has 2 aromatic rings. The second-order valence-corrected chi connectivity index (χ2v) is 6.73. The molecule has 3 rings (SSSR count). The first-order valence-corrected chi connectivity index (χ1v) is 8.20. The van der Waals surface area contributed by atoms with Gasteiger partial charge in [-0.25, -0.2) is 9.97 Å². The van der Waals surface area contributed by atoms with Crippen molar-refractivity contribution in [2.75, 3.05) is 13.1 Å². The molecule has 0 radical (unpaired) electrons. The third-order valence-electron chi connectivity index (χ3n) is 3.88. The number of hydrogen-bond donors (Lipinski definition) is 1. The fourth-order valence-electron chi connectivity index (χ4n) is 2.82. The minimum Gasteiger partial charge on any atom is -0.346 e. The molecule has 3 heterocycles. The summed E-state index contributed by atoms with van der Waals surface area (Å²) in [5.41, 5.74) is 1.96. The van der Waals surface area contributed by atoms with Gasteiger partial charge in [0.25, 0.3) is 0 Å². The van der Waals surface area contributed by atoms with Gasteiger partial charge >= 0.3 is 0 Å². The smallest absolute Gasteiger partial charge is 0.228 e. The molecule has 1 unspecified atom stereocenters. The average Bonchev–Trinajstić information content (AvgIpc) is 3.08. The Morgan fingerprint density at radius 2 is 2.38 bits per heavy atom. The van der Waals surface area contributed by atoms with E-state index < -0.39 is 0 Å². The van der Waals surface area contributed by atoms with Gasteiger partial charge in [0, 0.05) is 36.3 Å². The molecule has 0 aromatic carbocycles. The molecule has 1 aliphatic heterocycles. The number of likely N-dealkylation sites (tertiary alicyclic amines) is 1. The highest BCUT2D eigenvalue weighted by molar-refractivity contribution is 7.09. The van der Waals surface area contributed by atoms with Gasteiger partial charge in [0.2, 0.25) is 5.91 Å². The van der Waals surface area contributed by atoms with Crippen LogP contribution in [0.4, 0.5) is 0 Å². The van der Waals surface area contributed by atoms with Crippen LogP contribution in [0.15, 0.2) is 11.6 Å². The Morgan fingerprint density at radius 3 is 3.05 bits per heavy atom. The molecule has 0 aliphatic carbocycles. The maximum absolute atomic E-state index is 12.4. The van der Waals surface area contributed by atoms with E-state index in [4.69, 9.17) is 0 Å². The van der Waals surface area contributed by atoms with Crippen molar-refractivity contribution in [3.63, 3.8) is 0 Å². The summed E-state index contributed by atoms with van der Waals surface area (Å²) >= 11 is 1.60. The molecule has 0 spiro atoms. The van der Waals surface area contributed by atoms with Gasteiger partial charge in [-0.15, -0.1) is 11.3 Å². The first kappa shape index (κ1) is 14.3. The molecule has 1 N–H and O–H groups in total. The standard InChI is InChI=1S/C15H20N4OS/c1-10-7-16-15(17-10)12-4-3-5-19(8-12)14(20)6-13-9-21-11(2)18-13/h7,9,12H,3-6,8H2,1-2H3,(H,16,17). The molecule has 0 bridgehead atoms. The lowest BCUT2D eigenvalue weighted by atomic mass is 9.97. The number of rotatable bonds is 3. The van der Waals surface area contributed by atoms with E-state index in [-0.39, 0.29) is 5.91 Å². The monoisotopic (exact) mass is 304 g/mol. The van der Waals surface area contributed by atoms with E-state index in [1.54, 1.807) is 11.3 Å². The van der Waals surface area contributed by atoms with Crippen LogP contribution in [0.25, 0.3) is 0 Å². The summed E-state index contributed by atoms with van der Waals surface area (Å²) in [6.07, 6.45) is 4.39. The summed E-state index contributed by atoms with van der Waals surface area (Å²) < 4.78 is 0. The van der Waals surface area contributed by atoms with E-state index in [0.29, 0.717) is 12.3 Å². The van der Waals surface area contributed by atoms with E-state index in [2.05, 4.69) is 15.0 Å². The highest BCUT2D eigenvalue weighted by Crippen LogP contribution is 2.25. The molecule has 112 valence electrons. The maximum Gasteiger partial charge on any atom is 0.228 e. The van der Waals surface area contributed by atoms with Crippen LogP contribution < -0.4 is 0 Å². The quantitative estimate of drug-likeness (QED) is 0.947. The van der Waals surface area contributed by atoms with Gasteiger partial charge in [-0.05, 0) is 26.7 Å². The molecule has 1 fully saturated rings. The minimum atomic E-state index is 0.174. The maximum atomic E-state index is 12.4. The fraction of sp³-hybridized carbons (Fsp3) is 0.533. The second kappa shape index (κ2) is 5.97. The second-order valence-electron chi connectivity index (χ2n) is 5.66. The number of aryl methyl sites for hydroxylation is 2. The first-order chi connectivity index (χ1) is 10.1. The number of hydrogen-bond acceptors (Lipinski definition) is 4. The van der Waals surface area contributed by atoms with Crippen molar-refractivity contribution < 1.29 is 4.79 Å². The van der Waals surface area contributed by atoms with Crippen molar-refractivity contribution in [2.24, 2.45) is 0 Å². The van der Waals surface area contributed by atoms with Crippen LogP contribution in [-0.2, 0) is 11.2 Å². The first-order valence-electron chi connectivity index (χ1n) is 7.32. The molecule has 1 saturated heterocycles. The van der Waals surface area contributed by atoms with Gasteiger partial charge in [0.05, 0.1) is 17.1 Å². The van der Waals surface area contributed by atoms with Crippen LogP contribution >= 0.6 is 11.3 Å². The molecular formula is C15H20N4OS. The third-order valence-corrected chi connectivity index (χ3v) is 4.70. The zero-order valence-corrected chi connectivity index (χ0v) is 13.2. The molecule has 1 amide bonds. The lowest BCUT2D eigenvalue weighted by molar-refractivity contribution is -0.131. The van der Waals surface area contributed by atoms with E-state index in [9.17, 15) is 4.79 Å².